The minimum atomic E-state index is -4.67. The number of hydrogen-bond acceptors (Lipinski definition) is 10. The Morgan fingerprint density at radius 2 is 1.59 bits per heavy atom. The summed E-state index contributed by atoms with van der Waals surface area (Å²) in [5.41, 5.74) is -0.520. The van der Waals surface area contributed by atoms with Crippen LogP contribution in [0, 0.1) is 30.6 Å². The Morgan fingerprint density at radius 3 is 2.21 bits per heavy atom. The summed E-state index contributed by atoms with van der Waals surface area (Å²) in [4.78, 5) is 51.1. The number of benzene rings is 2. The van der Waals surface area contributed by atoms with Crippen LogP contribution in [0.4, 0.5) is 34.3 Å². The highest BCUT2D eigenvalue weighted by Crippen LogP contribution is 2.43. The molecule has 2 fully saturated rings. The molecule has 2 aromatic carbocycles. The molecule has 1 aliphatic heterocycles. The van der Waals surface area contributed by atoms with Crippen molar-refractivity contribution in [2.24, 2.45) is 11.8 Å². The van der Waals surface area contributed by atoms with Crippen molar-refractivity contribution >= 4 is 40.5 Å². The maximum Gasteiger partial charge on any atom is 0.416 e. The summed E-state index contributed by atoms with van der Waals surface area (Å²) >= 11 is 0. The summed E-state index contributed by atoms with van der Waals surface area (Å²) in [6.45, 7) is 16.3. The van der Waals surface area contributed by atoms with Gasteiger partial charge in [0.1, 0.15) is 35.2 Å². The monoisotopic (exact) mass is 880 g/mol. The third-order valence-corrected chi connectivity index (χ3v) is 11.0. The van der Waals surface area contributed by atoms with E-state index in [9.17, 15) is 27.6 Å². The molecule has 3 amide bonds. The average Bonchev–Trinajstić information content (AvgIpc) is 3.19. The molecular formula is C47H63F3N6O7. The molecule has 0 unspecified atom stereocenters. The molecule has 0 bridgehead atoms. The van der Waals surface area contributed by atoms with Gasteiger partial charge in [0.15, 0.2) is 0 Å². The van der Waals surface area contributed by atoms with Gasteiger partial charge >= 0.3 is 18.4 Å². The van der Waals surface area contributed by atoms with E-state index >= 15 is 0 Å². The van der Waals surface area contributed by atoms with Gasteiger partial charge in [-0.15, -0.1) is 0 Å². The molecule has 1 aliphatic carbocycles. The molecule has 1 aromatic heterocycles. The van der Waals surface area contributed by atoms with Crippen molar-refractivity contribution in [3.8, 4) is 17.6 Å². The molecule has 1 saturated carbocycles. The van der Waals surface area contributed by atoms with Crippen LogP contribution in [-0.4, -0.2) is 96.1 Å². The molecule has 5 rings (SSSR count). The summed E-state index contributed by atoms with van der Waals surface area (Å²) < 4.78 is 64.5. The van der Waals surface area contributed by atoms with E-state index in [4.69, 9.17) is 18.9 Å². The first-order valence-corrected chi connectivity index (χ1v) is 21.6. The van der Waals surface area contributed by atoms with E-state index in [-0.39, 0.29) is 47.6 Å². The number of rotatable bonds is 11. The van der Waals surface area contributed by atoms with E-state index in [0.29, 0.717) is 67.4 Å². The summed E-state index contributed by atoms with van der Waals surface area (Å²) in [5, 5.41) is 6.42. The predicted molar refractivity (Wildman–Crippen MR) is 236 cm³/mol. The number of fused-ring (bicyclic) bond motifs is 1. The van der Waals surface area contributed by atoms with E-state index < -0.39 is 35.1 Å². The maximum absolute atomic E-state index is 14.1. The quantitative estimate of drug-likeness (QED) is 0.141. The number of methoxy groups -OCH3 is 1. The summed E-state index contributed by atoms with van der Waals surface area (Å²) in [7, 11) is 3.40. The third kappa shape index (κ3) is 14.1. The Kier molecular flexibility index (Phi) is 15.8. The first-order valence-electron chi connectivity index (χ1n) is 21.6. The number of likely N-dealkylation sites (N-methyl/N-ethyl adjacent to an activating group) is 1. The molecule has 0 spiro atoms. The molecule has 0 radical (unpaired) electrons. The fourth-order valence-corrected chi connectivity index (χ4v) is 7.86. The number of carbonyl (C=O) groups excluding carboxylic acids is 3. The SMILES string of the molecule is COc1cc2nc(C)nc(N[C@H](C)c3cc(NC(=O)OC(C)(C)C)cc(C(F)(F)F)c3)c2cc1C1CCC(C(=O)N(C)CCOCC#CC2CCN(C(=O)OC(C)(C)C)CC2)CC1. The lowest BCUT2D eigenvalue weighted by atomic mass is 9.77. The number of likely N-dealkylation sites (tertiary alicyclic amines) is 1. The van der Waals surface area contributed by atoms with Crippen LogP contribution in [0.1, 0.15) is 121 Å². The Bertz CT molecular complexity index is 2160. The molecule has 63 heavy (non-hydrogen) atoms. The molecular weight excluding hydrogens is 818 g/mol. The van der Waals surface area contributed by atoms with Gasteiger partial charge in [0, 0.05) is 55.7 Å². The number of piperidine rings is 1. The molecule has 1 atom stereocenters. The van der Waals surface area contributed by atoms with Crippen LogP contribution in [0.5, 0.6) is 5.75 Å². The molecule has 2 N–H and O–H groups in total. The van der Waals surface area contributed by atoms with Crippen molar-refractivity contribution in [3.05, 3.63) is 52.8 Å². The van der Waals surface area contributed by atoms with Crippen molar-refractivity contribution in [3.63, 3.8) is 0 Å². The van der Waals surface area contributed by atoms with Crippen LogP contribution in [0.25, 0.3) is 10.9 Å². The molecule has 344 valence electrons. The Labute approximate surface area is 369 Å². The standard InChI is InChI=1S/C47H63F3N6O7/c1-29(34-24-35(47(48,49)50)26-36(25-34)54-43(58)62-45(3,4)5)51-41-38-27-37(40(60-10)28-39(38)52-30(2)53-41)32-13-15-33(16-14-32)42(57)55(9)21-23-61-22-11-12-31-17-19-56(20-18-31)44(59)63-46(6,7)8/h24-29,31-33H,13-23H2,1-10H3,(H,54,58)(H,51,52,53)/t29-,32?,33?/m1/s1. The number of nitrogens with one attached hydrogen (secondary N) is 2. The number of halogens is 3. The van der Waals surface area contributed by atoms with Crippen molar-refractivity contribution in [1.82, 2.24) is 19.8 Å². The van der Waals surface area contributed by atoms with E-state index in [1.165, 1.54) is 6.07 Å². The third-order valence-electron chi connectivity index (χ3n) is 11.0. The Morgan fingerprint density at radius 1 is 0.921 bits per heavy atom. The highest BCUT2D eigenvalue weighted by atomic mass is 19.4. The van der Waals surface area contributed by atoms with Gasteiger partial charge in [-0.2, -0.15) is 13.2 Å². The number of ether oxygens (including phenoxy) is 4. The van der Waals surface area contributed by atoms with Crippen LogP contribution in [-0.2, 0) is 25.2 Å². The van der Waals surface area contributed by atoms with Gasteiger partial charge in [-0.3, -0.25) is 10.1 Å². The zero-order chi connectivity index (χ0) is 46.3. The van der Waals surface area contributed by atoms with Gasteiger partial charge in [-0.25, -0.2) is 19.6 Å². The molecule has 3 aromatic rings. The number of aryl methyl sites for hydroxylation is 1. The number of alkyl halides is 3. The Balaban J connectivity index is 1.18. The second-order valence-corrected chi connectivity index (χ2v) is 18.5. The number of amides is 3. The minimum absolute atomic E-state index is 0.0557. The van der Waals surface area contributed by atoms with E-state index in [1.807, 2.05) is 32.9 Å². The summed E-state index contributed by atoms with van der Waals surface area (Å²) in [5.74, 6) is 8.15. The lowest BCUT2D eigenvalue weighted by Crippen LogP contribution is -2.41. The van der Waals surface area contributed by atoms with Crippen LogP contribution < -0.4 is 15.4 Å². The van der Waals surface area contributed by atoms with Crippen molar-refractivity contribution in [1.29, 1.82) is 0 Å². The Hall–Kier alpha value is -5.30. The van der Waals surface area contributed by atoms with Gasteiger partial charge in [-0.05, 0) is 135 Å². The number of hydrogen-bond donors (Lipinski definition) is 2. The highest BCUT2D eigenvalue weighted by molar-refractivity contribution is 5.91. The van der Waals surface area contributed by atoms with Crippen molar-refractivity contribution in [2.75, 3.05) is 57.6 Å². The zero-order valence-corrected chi connectivity index (χ0v) is 38.3. The molecule has 1 saturated heterocycles. The smallest absolute Gasteiger partial charge is 0.416 e. The zero-order valence-electron chi connectivity index (χ0n) is 38.3. The summed E-state index contributed by atoms with van der Waals surface area (Å²) in [6.07, 6.45) is -1.37. The van der Waals surface area contributed by atoms with Gasteiger partial charge in [-0.1, -0.05) is 11.8 Å². The minimum Gasteiger partial charge on any atom is -0.496 e. The lowest BCUT2D eigenvalue weighted by molar-refractivity contribution is -0.137. The lowest BCUT2D eigenvalue weighted by Gasteiger charge is -2.31. The second kappa shape index (κ2) is 20.5. The first kappa shape index (κ1) is 48.7. The van der Waals surface area contributed by atoms with Crippen LogP contribution >= 0.6 is 0 Å². The molecule has 13 nitrogen and oxygen atoms in total. The second-order valence-electron chi connectivity index (χ2n) is 18.5. The first-order chi connectivity index (χ1) is 29.5. The highest BCUT2D eigenvalue weighted by Gasteiger charge is 2.33. The fourth-order valence-electron chi connectivity index (χ4n) is 7.86. The van der Waals surface area contributed by atoms with E-state index in [2.05, 4.69) is 32.4 Å². The van der Waals surface area contributed by atoms with E-state index in [1.54, 1.807) is 58.6 Å². The largest absolute Gasteiger partial charge is 0.496 e. The number of nitrogens with zero attached hydrogens (tertiary/aromatic N) is 4. The van der Waals surface area contributed by atoms with E-state index in [0.717, 1.165) is 43.4 Å². The average molecular weight is 881 g/mol. The maximum atomic E-state index is 14.1. The van der Waals surface area contributed by atoms with Gasteiger partial charge in [0.05, 0.1) is 30.8 Å². The number of anilines is 2. The predicted octanol–water partition coefficient (Wildman–Crippen LogP) is 9.89. The van der Waals surface area contributed by atoms with Crippen LogP contribution in [0.2, 0.25) is 0 Å². The van der Waals surface area contributed by atoms with Crippen LogP contribution in [0.3, 0.4) is 0 Å². The van der Waals surface area contributed by atoms with Gasteiger partial charge in [0.2, 0.25) is 5.91 Å². The van der Waals surface area contributed by atoms with Crippen molar-refractivity contribution in [2.45, 2.75) is 123 Å². The number of aromatic nitrogens is 2. The van der Waals surface area contributed by atoms with Crippen molar-refractivity contribution < 1.29 is 46.5 Å². The van der Waals surface area contributed by atoms with Gasteiger partial charge in [0.25, 0.3) is 0 Å². The molecule has 2 heterocycles. The molecule has 16 heteroatoms. The number of carbonyl (C=O) groups is 3. The molecule has 2 aliphatic rings. The topological polar surface area (TPSA) is 144 Å². The van der Waals surface area contributed by atoms with Gasteiger partial charge < -0.3 is 34.1 Å². The summed E-state index contributed by atoms with van der Waals surface area (Å²) in [6, 6.07) is 6.56. The van der Waals surface area contributed by atoms with Crippen LogP contribution in [0.15, 0.2) is 30.3 Å². The fraction of sp³-hybridized carbons (Fsp3) is 0.596. The normalized spacial score (nSPS) is 17.9.